The minimum Gasteiger partial charge on any atom is -0.489 e. The van der Waals surface area contributed by atoms with Crippen molar-refractivity contribution in [2.45, 2.75) is 37.6 Å². The van der Waals surface area contributed by atoms with Crippen LogP contribution in [0, 0.1) is 5.92 Å². The van der Waals surface area contributed by atoms with Crippen LogP contribution in [0.1, 0.15) is 30.9 Å². The normalized spacial score (nSPS) is 32.9. The molecular formula is C18H18O5. The number of rotatable bonds is 2. The Labute approximate surface area is 134 Å². The molecule has 23 heavy (non-hydrogen) atoms. The molecule has 0 radical (unpaired) electrons. The van der Waals surface area contributed by atoms with Crippen LogP contribution in [-0.2, 0) is 23.8 Å². The first-order valence-electron chi connectivity index (χ1n) is 7.87. The highest BCUT2D eigenvalue weighted by molar-refractivity contribution is 5.98. The van der Waals surface area contributed by atoms with Crippen molar-refractivity contribution in [3.05, 3.63) is 47.2 Å². The molecule has 1 aromatic carbocycles. The zero-order chi connectivity index (χ0) is 16.0. The predicted octanol–water partition coefficient (Wildman–Crippen LogP) is 2.32. The highest BCUT2D eigenvalue weighted by atomic mass is 16.6. The van der Waals surface area contributed by atoms with E-state index in [1.54, 1.807) is 7.11 Å². The fourth-order valence-electron chi connectivity index (χ4n) is 3.83. The Balaban J connectivity index is 1.69. The van der Waals surface area contributed by atoms with Gasteiger partial charge < -0.3 is 14.2 Å². The van der Waals surface area contributed by atoms with E-state index in [1.165, 1.54) is 0 Å². The maximum absolute atomic E-state index is 12.7. The Morgan fingerprint density at radius 3 is 2.57 bits per heavy atom. The van der Waals surface area contributed by atoms with Crippen molar-refractivity contribution in [3.63, 3.8) is 0 Å². The molecule has 5 nitrogen and oxygen atoms in total. The monoisotopic (exact) mass is 314 g/mol. The van der Waals surface area contributed by atoms with Crippen molar-refractivity contribution >= 4 is 11.8 Å². The summed E-state index contributed by atoms with van der Waals surface area (Å²) < 4.78 is 17.0. The number of fused-ring (bicyclic) bond motifs is 2. The molecule has 1 aliphatic carbocycles. The number of methoxy groups -OCH3 is 1. The first-order valence-corrected chi connectivity index (χ1v) is 7.87. The second-order valence-electron chi connectivity index (χ2n) is 6.22. The van der Waals surface area contributed by atoms with Crippen molar-refractivity contribution in [2.75, 3.05) is 7.11 Å². The van der Waals surface area contributed by atoms with E-state index in [2.05, 4.69) is 0 Å². The molecule has 5 heteroatoms. The molecule has 1 saturated heterocycles. The predicted molar refractivity (Wildman–Crippen MR) is 80.3 cm³/mol. The van der Waals surface area contributed by atoms with Crippen LogP contribution in [0.3, 0.4) is 0 Å². The molecule has 2 aliphatic heterocycles. The number of hydrogen-bond donors (Lipinski definition) is 0. The van der Waals surface area contributed by atoms with Crippen LogP contribution in [0.25, 0.3) is 0 Å². The van der Waals surface area contributed by atoms with E-state index in [0.29, 0.717) is 24.2 Å². The SMILES string of the molecule is CO[C@@H]1CC2=C(C(=O)C[C@H](c3ccccc3)O2)[C@H]2CC(=O)O[C@H]21. The van der Waals surface area contributed by atoms with Gasteiger partial charge in [0, 0.05) is 25.0 Å². The van der Waals surface area contributed by atoms with Crippen LogP contribution in [0.15, 0.2) is 41.7 Å². The number of esters is 1. The number of carbonyl (C=O) groups is 2. The van der Waals surface area contributed by atoms with Crippen LogP contribution >= 0.6 is 0 Å². The van der Waals surface area contributed by atoms with Crippen molar-refractivity contribution in [3.8, 4) is 0 Å². The van der Waals surface area contributed by atoms with Gasteiger partial charge in [0.05, 0.1) is 12.8 Å². The Morgan fingerprint density at radius 2 is 1.83 bits per heavy atom. The molecule has 1 fully saturated rings. The fraction of sp³-hybridized carbons (Fsp3) is 0.444. The third kappa shape index (κ3) is 2.36. The number of ether oxygens (including phenoxy) is 3. The smallest absolute Gasteiger partial charge is 0.306 e. The van der Waals surface area contributed by atoms with Gasteiger partial charge in [-0.2, -0.15) is 0 Å². The zero-order valence-electron chi connectivity index (χ0n) is 12.9. The van der Waals surface area contributed by atoms with Crippen LogP contribution in [-0.4, -0.2) is 31.1 Å². The van der Waals surface area contributed by atoms with E-state index in [0.717, 1.165) is 5.56 Å². The molecule has 4 rings (SSSR count). The average Bonchev–Trinajstić information content (AvgIpc) is 2.95. The third-order valence-corrected chi connectivity index (χ3v) is 4.90. The van der Waals surface area contributed by atoms with Crippen LogP contribution in [0.4, 0.5) is 0 Å². The van der Waals surface area contributed by atoms with Gasteiger partial charge in [-0.15, -0.1) is 0 Å². The molecule has 3 aliphatic rings. The lowest BCUT2D eigenvalue weighted by molar-refractivity contribution is -0.148. The van der Waals surface area contributed by atoms with Gasteiger partial charge in [0.25, 0.3) is 0 Å². The highest BCUT2D eigenvalue weighted by Crippen LogP contribution is 2.46. The fourth-order valence-corrected chi connectivity index (χ4v) is 3.83. The largest absolute Gasteiger partial charge is 0.489 e. The Kier molecular flexibility index (Phi) is 3.45. The van der Waals surface area contributed by atoms with Gasteiger partial charge in [-0.05, 0) is 5.56 Å². The summed E-state index contributed by atoms with van der Waals surface area (Å²) >= 11 is 0. The van der Waals surface area contributed by atoms with Crippen LogP contribution in [0.5, 0.6) is 0 Å². The summed E-state index contributed by atoms with van der Waals surface area (Å²) in [5, 5.41) is 0. The molecule has 0 bridgehead atoms. The number of hydrogen-bond acceptors (Lipinski definition) is 5. The van der Waals surface area contributed by atoms with E-state index in [1.807, 2.05) is 30.3 Å². The second kappa shape index (κ2) is 5.49. The quantitative estimate of drug-likeness (QED) is 0.784. The molecule has 1 aromatic rings. The first-order chi connectivity index (χ1) is 11.2. The molecule has 0 aromatic heterocycles. The molecule has 0 N–H and O–H groups in total. The topological polar surface area (TPSA) is 61.8 Å². The summed E-state index contributed by atoms with van der Waals surface area (Å²) in [6, 6.07) is 9.74. The molecule has 2 heterocycles. The maximum Gasteiger partial charge on any atom is 0.306 e. The lowest BCUT2D eigenvalue weighted by atomic mass is 9.77. The molecule has 0 unspecified atom stereocenters. The van der Waals surface area contributed by atoms with Crippen molar-refractivity contribution in [1.82, 2.24) is 0 Å². The molecule has 0 saturated carbocycles. The van der Waals surface area contributed by atoms with Crippen LogP contribution < -0.4 is 0 Å². The Bertz CT molecular complexity index is 678. The van der Waals surface area contributed by atoms with Crippen molar-refractivity contribution in [1.29, 1.82) is 0 Å². The highest BCUT2D eigenvalue weighted by Gasteiger charge is 2.51. The second-order valence-corrected chi connectivity index (χ2v) is 6.22. The summed E-state index contributed by atoms with van der Waals surface area (Å²) in [5.41, 5.74) is 1.63. The number of carbonyl (C=O) groups excluding carboxylic acids is 2. The maximum atomic E-state index is 12.7. The van der Waals surface area contributed by atoms with Gasteiger partial charge >= 0.3 is 5.97 Å². The van der Waals surface area contributed by atoms with Gasteiger partial charge in [0.2, 0.25) is 0 Å². The third-order valence-electron chi connectivity index (χ3n) is 4.90. The van der Waals surface area contributed by atoms with E-state index in [4.69, 9.17) is 14.2 Å². The Morgan fingerprint density at radius 1 is 1.04 bits per heavy atom. The molecule has 120 valence electrons. The Hall–Kier alpha value is -2.14. The van der Waals surface area contributed by atoms with Crippen LogP contribution in [0.2, 0.25) is 0 Å². The average molecular weight is 314 g/mol. The molecule has 0 spiro atoms. The minimum absolute atomic E-state index is 0.0583. The van der Waals surface area contributed by atoms with Crippen molar-refractivity contribution < 1.29 is 23.8 Å². The van der Waals surface area contributed by atoms with Gasteiger partial charge in [-0.25, -0.2) is 0 Å². The van der Waals surface area contributed by atoms with E-state index >= 15 is 0 Å². The first kappa shape index (κ1) is 14.5. The standard InChI is InChI=1S/C18H18O5/c1-21-15-9-14-17(11-7-16(20)23-18(11)15)12(19)8-13(22-14)10-5-3-2-4-6-10/h2-6,11,13,15,18H,7-9H2,1H3/t11-,13-,15-,18-/m1/s1. The van der Waals surface area contributed by atoms with E-state index < -0.39 is 0 Å². The number of benzene rings is 1. The zero-order valence-corrected chi connectivity index (χ0v) is 12.9. The lowest BCUT2D eigenvalue weighted by Crippen LogP contribution is -2.42. The summed E-state index contributed by atoms with van der Waals surface area (Å²) in [5.74, 6) is 0.221. The van der Waals surface area contributed by atoms with E-state index in [-0.39, 0.29) is 42.4 Å². The molecule has 0 amide bonds. The number of ketones is 1. The summed E-state index contributed by atoms with van der Waals surface area (Å²) in [6.45, 7) is 0. The minimum atomic E-state index is -0.368. The molecule has 4 atom stereocenters. The van der Waals surface area contributed by atoms with Gasteiger partial charge in [-0.1, -0.05) is 30.3 Å². The van der Waals surface area contributed by atoms with Gasteiger partial charge in [0.1, 0.15) is 24.1 Å². The van der Waals surface area contributed by atoms with Gasteiger partial charge in [-0.3, -0.25) is 9.59 Å². The molecular weight excluding hydrogens is 296 g/mol. The summed E-state index contributed by atoms with van der Waals surface area (Å²) in [4.78, 5) is 24.4. The van der Waals surface area contributed by atoms with E-state index in [9.17, 15) is 9.59 Å². The summed E-state index contributed by atoms with van der Waals surface area (Å²) in [7, 11) is 1.60. The van der Waals surface area contributed by atoms with Gasteiger partial charge in [0.15, 0.2) is 5.78 Å². The van der Waals surface area contributed by atoms with Crippen molar-refractivity contribution in [2.24, 2.45) is 5.92 Å². The summed E-state index contributed by atoms with van der Waals surface area (Å²) in [6.07, 6.45) is 0.107. The number of Topliss-reactive ketones (excluding diaryl/α,β-unsaturated/α-hetero) is 1. The lowest BCUT2D eigenvalue weighted by Gasteiger charge is -2.38.